The van der Waals surface area contributed by atoms with Crippen LogP contribution in [0.3, 0.4) is 0 Å². The Hall–Kier alpha value is -3.19. The zero-order valence-electron chi connectivity index (χ0n) is 15.2. The predicted molar refractivity (Wildman–Crippen MR) is 112 cm³/mol. The summed E-state index contributed by atoms with van der Waals surface area (Å²) >= 11 is 1.50. The van der Waals surface area contributed by atoms with Crippen LogP contribution < -0.4 is 4.90 Å². The van der Waals surface area contributed by atoms with E-state index in [2.05, 4.69) is 32.0 Å². The Balaban J connectivity index is 1.29. The van der Waals surface area contributed by atoms with Crippen LogP contribution in [0.15, 0.2) is 60.1 Å². The number of pyridine rings is 1. The van der Waals surface area contributed by atoms with Crippen molar-refractivity contribution < 1.29 is 4.79 Å². The molecule has 1 saturated heterocycles. The number of nitrogens with one attached hydrogen (secondary N) is 1. The standard InChI is InChI=1S/C21H19N5OS/c27-21(26-11-9-25(10-12-26)19-7-3-4-8-22-19)18-14-28-20(24-18)17-13-15-5-1-2-6-16(15)23-17/h1-8,13-14,23H,9-12H2. The minimum absolute atomic E-state index is 0.000665. The average Bonchev–Trinajstić information content (AvgIpc) is 3.41. The summed E-state index contributed by atoms with van der Waals surface area (Å²) < 4.78 is 0. The molecule has 4 heterocycles. The second-order valence-electron chi connectivity index (χ2n) is 6.78. The summed E-state index contributed by atoms with van der Waals surface area (Å²) in [5.74, 6) is 0.962. The molecule has 1 aliphatic rings. The molecule has 0 aliphatic carbocycles. The van der Waals surface area contributed by atoms with Gasteiger partial charge in [0.2, 0.25) is 0 Å². The molecule has 1 N–H and O–H groups in total. The third-order valence-electron chi connectivity index (χ3n) is 5.02. The summed E-state index contributed by atoms with van der Waals surface area (Å²) in [5, 5.41) is 3.84. The quantitative estimate of drug-likeness (QED) is 0.581. The molecule has 140 valence electrons. The van der Waals surface area contributed by atoms with Gasteiger partial charge in [-0.3, -0.25) is 4.79 Å². The monoisotopic (exact) mass is 389 g/mol. The highest BCUT2D eigenvalue weighted by atomic mass is 32.1. The smallest absolute Gasteiger partial charge is 0.273 e. The van der Waals surface area contributed by atoms with Gasteiger partial charge in [0, 0.05) is 48.7 Å². The molecule has 3 aromatic heterocycles. The Bertz CT molecular complexity index is 1080. The van der Waals surface area contributed by atoms with Gasteiger partial charge in [0.05, 0.1) is 5.69 Å². The molecule has 0 saturated carbocycles. The summed E-state index contributed by atoms with van der Waals surface area (Å²) in [5.41, 5.74) is 2.54. The zero-order valence-corrected chi connectivity index (χ0v) is 16.0. The normalized spacial score (nSPS) is 14.6. The van der Waals surface area contributed by atoms with Crippen LogP contribution in [0.2, 0.25) is 0 Å². The Kier molecular flexibility index (Phi) is 4.29. The maximum Gasteiger partial charge on any atom is 0.273 e. The number of fused-ring (bicyclic) bond motifs is 1. The van der Waals surface area contributed by atoms with E-state index < -0.39 is 0 Å². The Morgan fingerprint density at radius 3 is 2.64 bits per heavy atom. The SMILES string of the molecule is O=C(c1csc(-c2cc3ccccc3[nH]2)n1)N1CCN(c2ccccn2)CC1. The van der Waals surface area contributed by atoms with E-state index in [1.807, 2.05) is 46.7 Å². The van der Waals surface area contributed by atoms with Gasteiger partial charge in [-0.2, -0.15) is 0 Å². The lowest BCUT2D eigenvalue weighted by molar-refractivity contribution is 0.0741. The van der Waals surface area contributed by atoms with Gasteiger partial charge in [0.15, 0.2) is 0 Å². The van der Waals surface area contributed by atoms with Gasteiger partial charge in [-0.05, 0) is 24.3 Å². The summed E-state index contributed by atoms with van der Waals surface area (Å²) in [6.45, 7) is 2.91. The van der Waals surface area contributed by atoms with Crippen LogP contribution in [-0.4, -0.2) is 51.9 Å². The second-order valence-corrected chi connectivity index (χ2v) is 7.63. The van der Waals surface area contributed by atoms with Crippen molar-refractivity contribution in [3.05, 3.63) is 65.8 Å². The molecule has 6 nitrogen and oxygen atoms in total. The molecule has 1 aliphatic heterocycles. The van der Waals surface area contributed by atoms with Crippen LogP contribution >= 0.6 is 11.3 Å². The fourth-order valence-electron chi connectivity index (χ4n) is 3.53. The molecule has 1 amide bonds. The number of aromatic nitrogens is 3. The van der Waals surface area contributed by atoms with Crippen molar-refractivity contribution in [2.75, 3.05) is 31.1 Å². The van der Waals surface area contributed by atoms with E-state index in [1.54, 1.807) is 6.20 Å². The van der Waals surface area contributed by atoms with Crippen LogP contribution in [0, 0.1) is 0 Å². The number of aromatic amines is 1. The molecule has 1 aromatic carbocycles. The number of hydrogen-bond donors (Lipinski definition) is 1. The Morgan fingerprint density at radius 2 is 1.86 bits per heavy atom. The van der Waals surface area contributed by atoms with Crippen LogP contribution in [0.5, 0.6) is 0 Å². The van der Waals surface area contributed by atoms with Gasteiger partial charge in [-0.25, -0.2) is 9.97 Å². The van der Waals surface area contributed by atoms with E-state index in [4.69, 9.17) is 0 Å². The molecule has 7 heteroatoms. The van der Waals surface area contributed by atoms with Crippen molar-refractivity contribution >= 4 is 34.0 Å². The number of thiazole rings is 1. The number of para-hydroxylation sites is 1. The molecular weight excluding hydrogens is 370 g/mol. The molecule has 0 bridgehead atoms. The Morgan fingerprint density at radius 1 is 1.04 bits per heavy atom. The van der Waals surface area contributed by atoms with Gasteiger partial charge < -0.3 is 14.8 Å². The van der Waals surface area contributed by atoms with Crippen molar-refractivity contribution in [2.45, 2.75) is 0 Å². The summed E-state index contributed by atoms with van der Waals surface area (Å²) in [4.78, 5) is 29.3. The van der Waals surface area contributed by atoms with Crippen molar-refractivity contribution in [3.63, 3.8) is 0 Å². The lowest BCUT2D eigenvalue weighted by Crippen LogP contribution is -2.49. The highest BCUT2D eigenvalue weighted by Crippen LogP contribution is 2.27. The number of H-pyrrole nitrogens is 1. The molecular formula is C21H19N5OS. The largest absolute Gasteiger partial charge is 0.353 e. The minimum atomic E-state index is -0.000665. The second kappa shape index (κ2) is 7.09. The number of benzene rings is 1. The number of nitrogens with zero attached hydrogens (tertiary/aromatic N) is 4. The lowest BCUT2D eigenvalue weighted by atomic mass is 10.2. The molecule has 0 unspecified atom stereocenters. The number of rotatable bonds is 3. The first kappa shape index (κ1) is 16.9. The van der Waals surface area contributed by atoms with E-state index >= 15 is 0 Å². The number of anilines is 1. The van der Waals surface area contributed by atoms with Gasteiger partial charge in [-0.15, -0.1) is 11.3 Å². The molecule has 0 radical (unpaired) electrons. The topological polar surface area (TPSA) is 65.1 Å². The number of carbonyl (C=O) groups excluding carboxylic acids is 1. The fraction of sp³-hybridized carbons (Fsp3) is 0.190. The van der Waals surface area contributed by atoms with Crippen molar-refractivity contribution in [1.29, 1.82) is 0 Å². The number of hydrogen-bond acceptors (Lipinski definition) is 5. The van der Waals surface area contributed by atoms with Crippen molar-refractivity contribution in [3.8, 4) is 10.7 Å². The van der Waals surface area contributed by atoms with Crippen molar-refractivity contribution in [2.24, 2.45) is 0 Å². The van der Waals surface area contributed by atoms with Crippen LogP contribution in [-0.2, 0) is 0 Å². The molecule has 4 aromatic rings. The van der Waals surface area contributed by atoms with E-state index in [9.17, 15) is 4.79 Å². The predicted octanol–water partition coefficient (Wildman–Crippen LogP) is 3.65. The minimum Gasteiger partial charge on any atom is -0.353 e. The third-order valence-corrected chi connectivity index (χ3v) is 5.90. The van der Waals surface area contributed by atoms with Crippen LogP contribution in [0.4, 0.5) is 5.82 Å². The average molecular weight is 389 g/mol. The van der Waals surface area contributed by atoms with Crippen LogP contribution in [0.1, 0.15) is 10.5 Å². The third kappa shape index (κ3) is 3.14. The summed E-state index contributed by atoms with van der Waals surface area (Å²) in [6.07, 6.45) is 1.80. The van der Waals surface area contributed by atoms with E-state index in [0.717, 1.165) is 40.5 Å². The van der Waals surface area contributed by atoms with Gasteiger partial charge in [0.1, 0.15) is 16.5 Å². The van der Waals surface area contributed by atoms with Gasteiger partial charge in [0.25, 0.3) is 5.91 Å². The number of carbonyl (C=O) groups is 1. The van der Waals surface area contributed by atoms with Gasteiger partial charge >= 0.3 is 0 Å². The molecule has 5 rings (SSSR count). The fourth-order valence-corrected chi connectivity index (χ4v) is 4.29. The van der Waals surface area contributed by atoms with Crippen LogP contribution in [0.25, 0.3) is 21.6 Å². The first-order chi connectivity index (χ1) is 13.8. The molecule has 28 heavy (non-hydrogen) atoms. The molecule has 0 atom stereocenters. The van der Waals surface area contributed by atoms with E-state index in [1.165, 1.54) is 11.3 Å². The highest BCUT2D eigenvalue weighted by Gasteiger charge is 2.24. The summed E-state index contributed by atoms with van der Waals surface area (Å²) in [6, 6.07) is 16.1. The molecule has 0 spiro atoms. The first-order valence-electron chi connectivity index (χ1n) is 9.27. The van der Waals surface area contributed by atoms with Crippen molar-refractivity contribution in [1.82, 2.24) is 19.9 Å². The maximum absolute atomic E-state index is 12.9. The first-order valence-corrected chi connectivity index (χ1v) is 10.1. The lowest BCUT2D eigenvalue weighted by Gasteiger charge is -2.35. The maximum atomic E-state index is 12.9. The zero-order chi connectivity index (χ0) is 18.9. The molecule has 1 fully saturated rings. The van der Waals surface area contributed by atoms with E-state index in [-0.39, 0.29) is 5.91 Å². The van der Waals surface area contributed by atoms with E-state index in [0.29, 0.717) is 18.8 Å². The Labute approximate surface area is 166 Å². The highest BCUT2D eigenvalue weighted by molar-refractivity contribution is 7.13. The van der Waals surface area contributed by atoms with Gasteiger partial charge in [-0.1, -0.05) is 24.3 Å². The summed E-state index contributed by atoms with van der Waals surface area (Å²) in [7, 11) is 0. The number of piperazine rings is 1. The number of amides is 1.